The quantitative estimate of drug-likeness (QED) is 0.855. The largest absolute Gasteiger partial charge is 0.508 e. The molecule has 1 N–H and O–H groups in total. The standard InChI is InChI=1S/C23H31NO/c1-17-10-11-21(25)16-22(17)23(4)13-15-24(19(3)18(23)2)14-12-20-8-6-5-7-9-20/h5-11,16,18-19,25H,12-15H2,1-4H3/t18-,19+,23+/m0/s1. The van der Waals surface area contributed by atoms with Crippen molar-refractivity contribution in [1.82, 2.24) is 4.90 Å². The fourth-order valence-electron chi connectivity index (χ4n) is 4.49. The van der Waals surface area contributed by atoms with E-state index in [2.05, 4.69) is 69.0 Å². The number of nitrogens with zero attached hydrogens (tertiary/aromatic N) is 1. The Balaban J connectivity index is 1.74. The Morgan fingerprint density at radius 3 is 2.56 bits per heavy atom. The first-order valence-electron chi connectivity index (χ1n) is 9.50. The molecule has 0 saturated carbocycles. The second-order valence-electron chi connectivity index (χ2n) is 7.97. The lowest BCUT2D eigenvalue weighted by atomic mass is 9.64. The zero-order valence-corrected chi connectivity index (χ0v) is 16.0. The van der Waals surface area contributed by atoms with Gasteiger partial charge in [-0.1, -0.05) is 50.2 Å². The minimum atomic E-state index is 0.117. The Morgan fingerprint density at radius 2 is 1.84 bits per heavy atom. The molecular formula is C23H31NO. The van der Waals surface area contributed by atoms with Gasteiger partial charge < -0.3 is 10.0 Å². The van der Waals surface area contributed by atoms with Gasteiger partial charge in [-0.05, 0) is 73.4 Å². The summed E-state index contributed by atoms with van der Waals surface area (Å²) in [7, 11) is 0. The lowest BCUT2D eigenvalue weighted by Gasteiger charge is -2.50. The minimum absolute atomic E-state index is 0.117. The van der Waals surface area contributed by atoms with Crippen LogP contribution in [0.2, 0.25) is 0 Å². The number of likely N-dealkylation sites (tertiary alicyclic amines) is 1. The smallest absolute Gasteiger partial charge is 0.115 e. The topological polar surface area (TPSA) is 23.5 Å². The van der Waals surface area contributed by atoms with Crippen molar-refractivity contribution in [2.45, 2.75) is 52.0 Å². The predicted molar refractivity (Wildman–Crippen MR) is 105 cm³/mol. The summed E-state index contributed by atoms with van der Waals surface area (Å²) in [6, 6.07) is 17.1. The second-order valence-corrected chi connectivity index (χ2v) is 7.97. The van der Waals surface area contributed by atoms with Crippen LogP contribution in [0.15, 0.2) is 48.5 Å². The van der Waals surface area contributed by atoms with Crippen LogP contribution in [0.5, 0.6) is 5.75 Å². The van der Waals surface area contributed by atoms with Crippen molar-refractivity contribution in [3.05, 3.63) is 65.2 Å². The second kappa shape index (κ2) is 7.21. The van der Waals surface area contributed by atoms with Crippen LogP contribution in [-0.2, 0) is 11.8 Å². The molecule has 2 aromatic rings. The molecule has 1 aliphatic heterocycles. The normalized spacial score (nSPS) is 27.4. The lowest BCUT2D eigenvalue weighted by molar-refractivity contribution is 0.0538. The molecule has 0 bridgehead atoms. The molecule has 3 atom stereocenters. The van der Waals surface area contributed by atoms with Crippen molar-refractivity contribution < 1.29 is 5.11 Å². The lowest BCUT2D eigenvalue weighted by Crippen LogP contribution is -2.53. The first-order valence-corrected chi connectivity index (χ1v) is 9.50. The zero-order chi connectivity index (χ0) is 18.0. The first kappa shape index (κ1) is 18.0. The van der Waals surface area contributed by atoms with Crippen molar-refractivity contribution in [2.75, 3.05) is 13.1 Å². The monoisotopic (exact) mass is 337 g/mol. The fourth-order valence-corrected chi connectivity index (χ4v) is 4.49. The van der Waals surface area contributed by atoms with Crippen molar-refractivity contribution in [1.29, 1.82) is 0 Å². The highest BCUT2D eigenvalue weighted by atomic mass is 16.3. The van der Waals surface area contributed by atoms with Crippen molar-refractivity contribution in [3.63, 3.8) is 0 Å². The number of piperidine rings is 1. The van der Waals surface area contributed by atoms with Gasteiger partial charge >= 0.3 is 0 Å². The first-order chi connectivity index (χ1) is 11.9. The van der Waals surface area contributed by atoms with Crippen LogP contribution in [0.4, 0.5) is 0 Å². The summed E-state index contributed by atoms with van der Waals surface area (Å²) in [5, 5.41) is 9.99. The number of rotatable bonds is 4. The Hall–Kier alpha value is -1.80. The van der Waals surface area contributed by atoms with E-state index in [1.54, 1.807) is 6.07 Å². The number of aromatic hydroxyl groups is 1. The maximum absolute atomic E-state index is 9.99. The molecule has 0 radical (unpaired) electrons. The molecule has 134 valence electrons. The molecule has 2 nitrogen and oxygen atoms in total. The number of hydrogen-bond acceptors (Lipinski definition) is 2. The van der Waals surface area contributed by atoms with E-state index >= 15 is 0 Å². The van der Waals surface area contributed by atoms with Crippen molar-refractivity contribution in [2.24, 2.45) is 5.92 Å². The molecule has 0 aliphatic carbocycles. The van der Waals surface area contributed by atoms with E-state index in [-0.39, 0.29) is 5.41 Å². The highest BCUT2D eigenvalue weighted by Crippen LogP contribution is 2.44. The summed E-state index contributed by atoms with van der Waals surface area (Å²) in [6.45, 7) is 11.5. The molecule has 1 heterocycles. The van der Waals surface area contributed by atoms with E-state index in [1.165, 1.54) is 16.7 Å². The highest BCUT2D eigenvalue weighted by Gasteiger charge is 2.42. The molecule has 2 heteroatoms. The van der Waals surface area contributed by atoms with Crippen LogP contribution in [0.25, 0.3) is 0 Å². The Bertz CT molecular complexity index is 711. The van der Waals surface area contributed by atoms with E-state index in [0.29, 0.717) is 17.7 Å². The number of phenolic OH excluding ortho intramolecular Hbond substituents is 1. The fraction of sp³-hybridized carbons (Fsp3) is 0.478. The molecule has 3 rings (SSSR count). The van der Waals surface area contributed by atoms with E-state index in [9.17, 15) is 5.11 Å². The molecule has 1 saturated heterocycles. The van der Waals surface area contributed by atoms with Gasteiger partial charge in [0.15, 0.2) is 0 Å². The average molecular weight is 338 g/mol. The third-order valence-electron chi connectivity index (χ3n) is 6.59. The Morgan fingerprint density at radius 1 is 1.12 bits per heavy atom. The summed E-state index contributed by atoms with van der Waals surface area (Å²) in [6.07, 6.45) is 2.25. The number of phenols is 1. The van der Waals surface area contributed by atoms with Crippen molar-refractivity contribution >= 4 is 0 Å². The third-order valence-corrected chi connectivity index (χ3v) is 6.59. The predicted octanol–water partition coefficient (Wildman–Crippen LogP) is 4.93. The average Bonchev–Trinajstić information content (AvgIpc) is 2.62. The minimum Gasteiger partial charge on any atom is -0.508 e. The number of hydrogen-bond donors (Lipinski definition) is 1. The summed E-state index contributed by atoms with van der Waals surface area (Å²) >= 11 is 0. The summed E-state index contributed by atoms with van der Waals surface area (Å²) in [5.74, 6) is 0.922. The van der Waals surface area contributed by atoms with Crippen LogP contribution < -0.4 is 0 Å². The van der Waals surface area contributed by atoms with Gasteiger partial charge in [-0.3, -0.25) is 0 Å². The number of benzene rings is 2. The maximum Gasteiger partial charge on any atom is 0.115 e. The summed E-state index contributed by atoms with van der Waals surface area (Å²) in [4.78, 5) is 2.64. The Labute approximate surface area is 152 Å². The molecule has 0 aromatic heterocycles. The van der Waals surface area contributed by atoms with Crippen LogP contribution in [0.1, 0.15) is 43.9 Å². The molecule has 0 unspecified atom stereocenters. The van der Waals surface area contributed by atoms with E-state index in [1.807, 2.05) is 6.07 Å². The van der Waals surface area contributed by atoms with Gasteiger partial charge in [-0.2, -0.15) is 0 Å². The summed E-state index contributed by atoms with van der Waals surface area (Å²) in [5.41, 5.74) is 4.14. The molecule has 1 fully saturated rings. The van der Waals surface area contributed by atoms with Gasteiger partial charge in [-0.15, -0.1) is 0 Å². The van der Waals surface area contributed by atoms with Crippen LogP contribution in [0.3, 0.4) is 0 Å². The summed E-state index contributed by atoms with van der Waals surface area (Å²) < 4.78 is 0. The van der Waals surface area contributed by atoms with Crippen LogP contribution >= 0.6 is 0 Å². The van der Waals surface area contributed by atoms with E-state index in [0.717, 1.165) is 25.9 Å². The SMILES string of the molecule is Cc1ccc(O)cc1[C@]1(C)CCN(CCc2ccccc2)[C@H](C)[C@@H]1C. The van der Waals surface area contributed by atoms with Gasteiger partial charge in [-0.25, -0.2) is 0 Å². The molecule has 25 heavy (non-hydrogen) atoms. The van der Waals surface area contributed by atoms with Gasteiger partial charge in [0.2, 0.25) is 0 Å². The molecular weight excluding hydrogens is 306 g/mol. The van der Waals surface area contributed by atoms with Gasteiger partial charge in [0.1, 0.15) is 5.75 Å². The van der Waals surface area contributed by atoms with Crippen LogP contribution in [-0.4, -0.2) is 29.1 Å². The molecule has 0 amide bonds. The maximum atomic E-state index is 9.99. The zero-order valence-electron chi connectivity index (χ0n) is 16.0. The molecule has 1 aliphatic rings. The van der Waals surface area contributed by atoms with Crippen LogP contribution in [0, 0.1) is 12.8 Å². The van der Waals surface area contributed by atoms with Gasteiger partial charge in [0.25, 0.3) is 0 Å². The third kappa shape index (κ3) is 3.59. The van der Waals surface area contributed by atoms with E-state index < -0.39 is 0 Å². The Kier molecular flexibility index (Phi) is 5.19. The van der Waals surface area contributed by atoms with Gasteiger partial charge in [0, 0.05) is 12.6 Å². The molecule has 2 aromatic carbocycles. The molecule has 0 spiro atoms. The highest BCUT2D eigenvalue weighted by molar-refractivity contribution is 5.40. The van der Waals surface area contributed by atoms with Gasteiger partial charge in [0.05, 0.1) is 0 Å². The van der Waals surface area contributed by atoms with Crippen molar-refractivity contribution in [3.8, 4) is 5.75 Å². The number of aryl methyl sites for hydroxylation is 1. The van der Waals surface area contributed by atoms with E-state index in [4.69, 9.17) is 0 Å².